The van der Waals surface area contributed by atoms with Crippen molar-refractivity contribution in [2.45, 2.75) is 38.1 Å². The van der Waals surface area contributed by atoms with Crippen LogP contribution >= 0.6 is 0 Å². The predicted molar refractivity (Wildman–Crippen MR) is 77.8 cm³/mol. The molecule has 0 aliphatic carbocycles. The molecule has 3 N–H and O–H groups in total. The van der Waals surface area contributed by atoms with Crippen LogP contribution in [0.25, 0.3) is 0 Å². The first-order chi connectivity index (χ1) is 9.72. The standard InChI is InChI=1S/C15H21N3O2/c1-10-8-11(6-7-16-10)20-14-9-17-15(19)12-4-2-3-5-13(12)18-14/h2-5,10-11,14,16,18H,6-9H2,1H3,(H,17,19). The molecule has 0 spiro atoms. The van der Waals surface area contributed by atoms with Crippen molar-refractivity contribution in [2.75, 3.05) is 18.4 Å². The Morgan fingerprint density at radius 3 is 3.00 bits per heavy atom. The number of rotatable bonds is 2. The number of anilines is 1. The number of hydrogen-bond acceptors (Lipinski definition) is 4. The van der Waals surface area contributed by atoms with Crippen LogP contribution in [0, 0.1) is 0 Å². The van der Waals surface area contributed by atoms with Crippen molar-refractivity contribution in [1.29, 1.82) is 0 Å². The summed E-state index contributed by atoms with van der Waals surface area (Å²) in [5, 5.41) is 9.65. The molecule has 20 heavy (non-hydrogen) atoms. The zero-order chi connectivity index (χ0) is 13.9. The molecule has 1 amide bonds. The number of amides is 1. The van der Waals surface area contributed by atoms with Crippen molar-refractivity contribution in [2.24, 2.45) is 0 Å². The second kappa shape index (κ2) is 5.81. The van der Waals surface area contributed by atoms with E-state index in [1.807, 2.05) is 24.3 Å². The van der Waals surface area contributed by atoms with Crippen molar-refractivity contribution >= 4 is 11.6 Å². The summed E-state index contributed by atoms with van der Waals surface area (Å²) in [5.74, 6) is -0.0436. The molecular formula is C15H21N3O2. The third-order valence-electron chi connectivity index (χ3n) is 3.87. The number of fused-ring (bicyclic) bond motifs is 1. The van der Waals surface area contributed by atoms with Crippen LogP contribution in [0.3, 0.4) is 0 Å². The Morgan fingerprint density at radius 1 is 1.30 bits per heavy atom. The molecule has 5 heteroatoms. The van der Waals surface area contributed by atoms with Crippen LogP contribution in [0.15, 0.2) is 24.3 Å². The third-order valence-corrected chi connectivity index (χ3v) is 3.87. The van der Waals surface area contributed by atoms with Gasteiger partial charge in [-0.2, -0.15) is 0 Å². The first-order valence-electron chi connectivity index (χ1n) is 7.25. The summed E-state index contributed by atoms with van der Waals surface area (Å²) < 4.78 is 6.12. The summed E-state index contributed by atoms with van der Waals surface area (Å²) in [5.41, 5.74) is 1.52. The van der Waals surface area contributed by atoms with Crippen LogP contribution in [0.5, 0.6) is 0 Å². The summed E-state index contributed by atoms with van der Waals surface area (Å²) in [7, 11) is 0. The maximum atomic E-state index is 12.0. The highest BCUT2D eigenvalue weighted by atomic mass is 16.5. The largest absolute Gasteiger partial charge is 0.358 e. The van der Waals surface area contributed by atoms with Gasteiger partial charge in [0.25, 0.3) is 5.91 Å². The Hall–Kier alpha value is -1.59. The molecule has 2 aliphatic rings. The number of piperidine rings is 1. The first-order valence-corrected chi connectivity index (χ1v) is 7.25. The number of nitrogens with one attached hydrogen (secondary N) is 3. The average molecular weight is 275 g/mol. The highest BCUT2D eigenvalue weighted by molar-refractivity contribution is 6.00. The van der Waals surface area contributed by atoms with Crippen molar-refractivity contribution in [3.63, 3.8) is 0 Å². The maximum Gasteiger partial charge on any atom is 0.253 e. The molecule has 1 saturated heterocycles. The fourth-order valence-corrected chi connectivity index (χ4v) is 2.84. The van der Waals surface area contributed by atoms with E-state index in [2.05, 4.69) is 22.9 Å². The van der Waals surface area contributed by atoms with Gasteiger partial charge in [-0.3, -0.25) is 4.79 Å². The molecule has 1 aromatic rings. The molecule has 1 fully saturated rings. The number of benzene rings is 1. The number of ether oxygens (including phenoxy) is 1. The third kappa shape index (κ3) is 2.94. The number of hydrogen-bond donors (Lipinski definition) is 3. The number of carbonyl (C=O) groups is 1. The molecule has 0 aromatic heterocycles. The van der Waals surface area contributed by atoms with E-state index in [4.69, 9.17) is 4.74 Å². The summed E-state index contributed by atoms with van der Waals surface area (Å²) in [6.45, 7) is 3.65. The smallest absolute Gasteiger partial charge is 0.253 e. The minimum atomic E-state index is -0.169. The van der Waals surface area contributed by atoms with Crippen LogP contribution in [-0.4, -0.2) is 37.4 Å². The van der Waals surface area contributed by atoms with Gasteiger partial charge in [0.2, 0.25) is 0 Å². The highest BCUT2D eigenvalue weighted by Gasteiger charge is 2.25. The lowest BCUT2D eigenvalue weighted by Gasteiger charge is -2.31. The van der Waals surface area contributed by atoms with E-state index >= 15 is 0 Å². The second-order valence-corrected chi connectivity index (χ2v) is 5.53. The van der Waals surface area contributed by atoms with Crippen LogP contribution in [0.2, 0.25) is 0 Å². The molecule has 3 atom stereocenters. The summed E-state index contributed by atoms with van der Waals surface area (Å²) in [6.07, 6.45) is 2.09. The van der Waals surface area contributed by atoms with Gasteiger partial charge in [-0.25, -0.2) is 0 Å². The molecule has 108 valence electrons. The topological polar surface area (TPSA) is 62.4 Å². The van der Waals surface area contributed by atoms with Gasteiger partial charge in [0, 0.05) is 11.7 Å². The van der Waals surface area contributed by atoms with Gasteiger partial charge in [0.15, 0.2) is 0 Å². The monoisotopic (exact) mass is 275 g/mol. The molecule has 3 rings (SSSR count). The van der Waals surface area contributed by atoms with Gasteiger partial charge in [-0.1, -0.05) is 12.1 Å². The number of carbonyl (C=O) groups excluding carboxylic acids is 1. The molecule has 0 bridgehead atoms. The minimum absolute atomic E-state index is 0.0436. The molecule has 1 aromatic carbocycles. The van der Waals surface area contributed by atoms with Crippen molar-refractivity contribution in [3.8, 4) is 0 Å². The van der Waals surface area contributed by atoms with Crippen molar-refractivity contribution < 1.29 is 9.53 Å². The molecule has 5 nitrogen and oxygen atoms in total. The van der Waals surface area contributed by atoms with Crippen LogP contribution in [0.1, 0.15) is 30.1 Å². The first kappa shape index (κ1) is 13.4. The number of para-hydroxylation sites is 1. The lowest BCUT2D eigenvalue weighted by atomic mass is 10.0. The molecule has 0 radical (unpaired) electrons. The molecular weight excluding hydrogens is 254 g/mol. The van der Waals surface area contributed by atoms with Gasteiger partial charge < -0.3 is 20.7 Å². The molecule has 0 saturated carbocycles. The fraction of sp³-hybridized carbons (Fsp3) is 0.533. The highest BCUT2D eigenvalue weighted by Crippen LogP contribution is 2.21. The van der Waals surface area contributed by atoms with Crippen LogP contribution < -0.4 is 16.0 Å². The normalized spacial score (nSPS) is 29.9. The Morgan fingerprint density at radius 2 is 2.15 bits per heavy atom. The van der Waals surface area contributed by atoms with Gasteiger partial charge in [0.05, 0.1) is 18.2 Å². The SMILES string of the molecule is CC1CC(OC2CNC(=O)c3ccccc3N2)CCN1. The zero-order valence-electron chi connectivity index (χ0n) is 11.7. The molecule has 2 heterocycles. The zero-order valence-corrected chi connectivity index (χ0v) is 11.7. The van der Waals surface area contributed by atoms with Crippen molar-refractivity contribution in [3.05, 3.63) is 29.8 Å². The summed E-state index contributed by atoms with van der Waals surface area (Å²) in [6, 6.07) is 8.03. The van der Waals surface area contributed by atoms with E-state index in [9.17, 15) is 4.79 Å². The van der Waals surface area contributed by atoms with E-state index in [0.29, 0.717) is 18.2 Å². The lowest BCUT2D eigenvalue weighted by molar-refractivity contribution is -0.0175. The van der Waals surface area contributed by atoms with E-state index in [1.165, 1.54) is 0 Å². The Balaban J connectivity index is 1.68. The van der Waals surface area contributed by atoms with Gasteiger partial charge in [0.1, 0.15) is 6.23 Å². The quantitative estimate of drug-likeness (QED) is 0.762. The molecule has 3 unspecified atom stereocenters. The van der Waals surface area contributed by atoms with Crippen LogP contribution in [-0.2, 0) is 4.74 Å². The average Bonchev–Trinajstić information content (AvgIpc) is 2.59. The second-order valence-electron chi connectivity index (χ2n) is 5.53. The maximum absolute atomic E-state index is 12.0. The van der Waals surface area contributed by atoms with E-state index in [-0.39, 0.29) is 18.2 Å². The van der Waals surface area contributed by atoms with Gasteiger partial charge in [-0.15, -0.1) is 0 Å². The predicted octanol–water partition coefficient (Wildman–Crippen LogP) is 1.33. The minimum Gasteiger partial charge on any atom is -0.358 e. The van der Waals surface area contributed by atoms with Gasteiger partial charge >= 0.3 is 0 Å². The fourth-order valence-electron chi connectivity index (χ4n) is 2.84. The molecule has 2 aliphatic heterocycles. The van der Waals surface area contributed by atoms with Crippen molar-refractivity contribution in [1.82, 2.24) is 10.6 Å². The van der Waals surface area contributed by atoms with E-state index < -0.39 is 0 Å². The van der Waals surface area contributed by atoms with E-state index in [1.54, 1.807) is 0 Å². The summed E-state index contributed by atoms with van der Waals surface area (Å²) >= 11 is 0. The van der Waals surface area contributed by atoms with Crippen LogP contribution in [0.4, 0.5) is 5.69 Å². The Labute approximate surface area is 119 Å². The van der Waals surface area contributed by atoms with E-state index in [0.717, 1.165) is 25.1 Å². The van der Waals surface area contributed by atoms with Gasteiger partial charge in [-0.05, 0) is 38.4 Å². The lowest BCUT2D eigenvalue weighted by Crippen LogP contribution is -2.44. The Bertz CT molecular complexity index is 492. The Kier molecular flexibility index (Phi) is 3.89. The summed E-state index contributed by atoms with van der Waals surface area (Å²) in [4.78, 5) is 12.0.